The molecular weight excluding hydrogens is 200 g/mol. The summed E-state index contributed by atoms with van der Waals surface area (Å²) in [6.45, 7) is 13.1. The van der Waals surface area contributed by atoms with E-state index in [1.54, 1.807) is 7.11 Å². The highest BCUT2D eigenvalue weighted by atomic mass is 16.5. The lowest BCUT2D eigenvalue weighted by atomic mass is 10.1. The zero-order valence-corrected chi connectivity index (χ0v) is 11.8. The monoisotopic (exact) mass is 230 g/mol. The molecule has 0 aromatic rings. The van der Waals surface area contributed by atoms with Crippen molar-refractivity contribution in [3.63, 3.8) is 0 Å². The standard InChI is InChI=1S/C13H30N2O/c1-6-14-10-8-9-12(3)15(7-2)13(4)11-16-5/h12-14H,6-11H2,1-5H3. The fraction of sp³-hybridized carbons (Fsp3) is 1.00. The molecule has 0 aromatic carbocycles. The topological polar surface area (TPSA) is 24.5 Å². The smallest absolute Gasteiger partial charge is 0.0615 e. The predicted octanol–water partition coefficient (Wildman–Crippen LogP) is 2.12. The van der Waals surface area contributed by atoms with Gasteiger partial charge in [-0.1, -0.05) is 13.8 Å². The van der Waals surface area contributed by atoms with E-state index in [1.807, 2.05) is 0 Å². The third-order valence-corrected chi connectivity index (χ3v) is 3.13. The second-order valence-corrected chi connectivity index (χ2v) is 4.48. The fourth-order valence-corrected chi connectivity index (χ4v) is 2.26. The van der Waals surface area contributed by atoms with Crippen LogP contribution in [0, 0.1) is 0 Å². The van der Waals surface area contributed by atoms with Gasteiger partial charge in [-0.3, -0.25) is 4.90 Å². The third-order valence-electron chi connectivity index (χ3n) is 3.13. The van der Waals surface area contributed by atoms with Gasteiger partial charge in [-0.2, -0.15) is 0 Å². The van der Waals surface area contributed by atoms with Crippen molar-refractivity contribution < 1.29 is 4.74 Å². The molecule has 2 atom stereocenters. The van der Waals surface area contributed by atoms with E-state index in [9.17, 15) is 0 Å². The first kappa shape index (κ1) is 15.9. The van der Waals surface area contributed by atoms with Gasteiger partial charge in [0.15, 0.2) is 0 Å². The van der Waals surface area contributed by atoms with Crippen molar-refractivity contribution in [2.75, 3.05) is 33.4 Å². The molecule has 0 fully saturated rings. The molecule has 0 saturated heterocycles. The predicted molar refractivity (Wildman–Crippen MR) is 71.0 cm³/mol. The van der Waals surface area contributed by atoms with Crippen LogP contribution < -0.4 is 5.32 Å². The van der Waals surface area contributed by atoms with E-state index in [4.69, 9.17) is 4.74 Å². The van der Waals surface area contributed by atoms with E-state index in [0.717, 1.165) is 26.2 Å². The molecule has 0 radical (unpaired) electrons. The van der Waals surface area contributed by atoms with Crippen LogP contribution in [0.25, 0.3) is 0 Å². The molecule has 3 nitrogen and oxygen atoms in total. The first-order valence-corrected chi connectivity index (χ1v) is 6.62. The maximum absolute atomic E-state index is 5.23. The lowest BCUT2D eigenvalue weighted by molar-refractivity contribution is 0.0750. The quantitative estimate of drug-likeness (QED) is 0.582. The van der Waals surface area contributed by atoms with Crippen LogP contribution in [0.4, 0.5) is 0 Å². The third kappa shape index (κ3) is 6.46. The number of hydrogen-bond donors (Lipinski definition) is 1. The zero-order chi connectivity index (χ0) is 12.4. The summed E-state index contributed by atoms with van der Waals surface area (Å²) in [6.07, 6.45) is 2.51. The highest BCUT2D eigenvalue weighted by Gasteiger charge is 2.17. The summed E-state index contributed by atoms with van der Waals surface area (Å²) in [4.78, 5) is 2.52. The molecule has 16 heavy (non-hydrogen) atoms. The highest BCUT2D eigenvalue weighted by Crippen LogP contribution is 2.10. The van der Waals surface area contributed by atoms with Crippen LogP contribution in [0.1, 0.15) is 40.5 Å². The van der Waals surface area contributed by atoms with Gasteiger partial charge in [0.05, 0.1) is 6.61 Å². The first-order chi connectivity index (χ1) is 7.67. The highest BCUT2D eigenvalue weighted by molar-refractivity contribution is 4.72. The summed E-state index contributed by atoms with van der Waals surface area (Å²) < 4.78 is 5.23. The minimum absolute atomic E-state index is 0.518. The Morgan fingerprint density at radius 1 is 1.19 bits per heavy atom. The van der Waals surface area contributed by atoms with Gasteiger partial charge in [0, 0.05) is 19.2 Å². The maximum Gasteiger partial charge on any atom is 0.0615 e. The summed E-state index contributed by atoms with van der Waals surface area (Å²) in [5, 5.41) is 3.37. The Kier molecular flexibility index (Phi) is 9.99. The van der Waals surface area contributed by atoms with Crippen LogP contribution in [0.5, 0.6) is 0 Å². The van der Waals surface area contributed by atoms with Gasteiger partial charge in [-0.25, -0.2) is 0 Å². The Labute approximate surface area is 102 Å². The average molecular weight is 230 g/mol. The second kappa shape index (κ2) is 10.1. The Bertz CT molecular complexity index is 153. The molecule has 1 N–H and O–H groups in total. The van der Waals surface area contributed by atoms with E-state index < -0.39 is 0 Å². The molecule has 0 bridgehead atoms. The summed E-state index contributed by atoms with van der Waals surface area (Å²) >= 11 is 0. The van der Waals surface area contributed by atoms with E-state index in [2.05, 4.69) is 37.9 Å². The molecule has 0 rings (SSSR count). The van der Waals surface area contributed by atoms with Crippen LogP contribution in [0.3, 0.4) is 0 Å². The summed E-state index contributed by atoms with van der Waals surface area (Å²) in [6, 6.07) is 1.16. The molecule has 0 aliphatic heterocycles. The molecule has 0 heterocycles. The molecule has 0 saturated carbocycles. The molecule has 0 spiro atoms. The molecule has 2 unspecified atom stereocenters. The zero-order valence-electron chi connectivity index (χ0n) is 11.8. The fourth-order valence-electron chi connectivity index (χ4n) is 2.26. The molecule has 3 heteroatoms. The van der Waals surface area contributed by atoms with Gasteiger partial charge < -0.3 is 10.1 Å². The number of nitrogens with one attached hydrogen (secondary N) is 1. The average Bonchev–Trinajstić information content (AvgIpc) is 2.26. The van der Waals surface area contributed by atoms with Gasteiger partial charge in [0.1, 0.15) is 0 Å². The maximum atomic E-state index is 5.23. The molecule has 98 valence electrons. The van der Waals surface area contributed by atoms with Crippen LogP contribution >= 0.6 is 0 Å². The number of hydrogen-bond acceptors (Lipinski definition) is 3. The number of rotatable bonds is 10. The van der Waals surface area contributed by atoms with Gasteiger partial charge >= 0.3 is 0 Å². The Hall–Kier alpha value is -0.120. The van der Waals surface area contributed by atoms with Crippen LogP contribution in [0.15, 0.2) is 0 Å². The van der Waals surface area contributed by atoms with Crippen molar-refractivity contribution in [2.45, 2.75) is 52.6 Å². The molecule has 0 aliphatic rings. The van der Waals surface area contributed by atoms with Gasteiger partial charge in [-0.05, 0) is 46.3 Å². The minimum atomic E-state index is 0.518. The number of methoxy groups -OCH3 is 1. The second-order valence-electron chi connectivity index (χ2n) is 4.48. The van der Waals surface area contributed by atoms with E-state index >= 15 is 0 Å². The summed E-state index contributed by atoms with van der Waals surface area (Å²) in [5.41, 5.74) is 0. The lowest BCUT2D eigenvalue weighted by Gasteiger charge is -2.33. The molecule has 0 aliphatic carbocycles. The lowest BCUT2D eigenvalue weighted by Crippen LogP contribution is -2.42. The summed E-state index contributed by atoms with van der Waals surface area (Å²) in [7, 11) is 1.78. The van der Waals surface area contributed by atoms with Crippen molar-refractivity contribution in [3.8, 4) is 0 Å². The first-order valence-electron chi connectivity index (χ1n) is 6.62. The number of likely N-dealkylation sites (N-methyl/N-ethyl adjacent to an activating group) is 1. The van der Waals surface area contributed by atoms with Crippen LogP contribution in [0.2, 0.25) is 0 Å². The van der Waals surface area contributed by atoms with E-state index in [1.165, 1.54) is 12.8 Å². The van der Waals surface area contributed by atoms with Crippen LogP contribution in [-0.4, -0.2) is 50.3 Å². The van der Waals surface area contributed by atoms with E-state index in [0.29, 0.717) is 12.1 Å². The van der Waals surface area contributed by atoms with Gasteiger partial charge in [0.25, 0.3) is 0 Å². The van der Waals surface area contributed by atoms with Crippen molar-refractivity contribution in [1.29, 1.82) is 0 Å². The van der Waals surface area contributed by atoms with Crippen molar-refractivity contribution in [2.24, 2.45) is 0 Å². The largest absolute Gasteiger partial charge is 0.383 e. The number of ether oxygens (including phenoxy) is 1. The van der Waals surface area contributed by atoms with Gasteiger partial charge in [-0.15, -0.1) is 0 Å². The van der Waals surface area contributed by atoms with Crippen molar-refractivity contribution in [3.05, 3.63) is 0 Å². The molecule has 0 aromatic heterocycles. The number of nitrogens with zero attached hydrogens (tertiary/aromatic N) is 1. The Morgan fingerprint density at radius 2 is 1.88 bits per heavy atom. The normalized spacial score (nSPS) is 15.4. The van der Waals surface area contributed by atoms with Crippen LogP contribution in [-0.2, 0) is 4.74 Å². The Balaban J connectivity index is 3.85. The van der Waals surface area contributed by atoms with E-state index in [-0.39, 0.29) is 0 Å². The molecule has 0 amide bonds. The van der Waals surface area contributed by atoms with Crippen molar-refractivity contribution >= 4 is 0 Å². The van der Waals surface area contributed by atoms with Crippen molar-refractivity contribution in [1.82, 2.24) is 10.2 Å². The summed E-state index contributed by atoms with van der Waals surface area (Å²) in [5.74, 6) is 0. The Morgan fingerprint density at radius 3 is 2.38 bits per heavy atom. The minimum Gasteiger partial charge on any atom is -0.383 e. The van der Waals surface area contributed by atoms with Gasteiger partial charge in [0.2, 0.25) is 0 Å². The molecular formula is C13H30N2O. The SMILES string of the molecule is CCNCCCC(C)N(CC)C(C)COC.